The average molecular weight is 262 g/mol. The monoisotopic (exact) mass is 262 g/mol. The van der Waals surface area contributed by atoms with Crippen molar-refractivity contribution in [2.24, 2.45) is 5.92 Å². The van der Waals surface area contributed by atoms with Crippen LogP contribution in [0.4, 0.5) is 0 Å². The molecule has 0 radical (unpaired) electrons. The third-order valence-electron chi connectivity index (χ3n) is 3.36. The van der Waals surface area contributed by atoms with Crippen LogP contribution < -0.4 is 0 Å². The zero-order valence-corrected chi connectivity index (χ0v) is 11.3. The second kappa shape index (κ2) is 9.48. The van der Waals surface area contributed by atoms with Gasteiger partial charge in [-0.15, -0.1) is 0 Å². The van der Waals surface area contributed by atoms with Gasteiger partial charge < -0.3 is 0 Å². The number of hydrogen-bond acceptors (Lipinski definition) is 2. The number of carbonyl (C=O) groups excluding carboxylic acids is 2. The van der Waals surface area contributed by atoms with E-state index in [1.165, 1.54) is 19.3 Å². The smallest absolute Gasteiger partial charge is 0.159 e. The Kier molecular flexibility index (Phi) is 8.77. The summed E-state index contributed by atoms with van der Waals surface area (Å²) in [6.45, 7) is 3.28. The van der Waals surface area contributed by atoms with Gasteiger partial charge in [-0.2, -0.15) is 0 Å². The summed E-state index contributed by atoms with van der Waals surface area (Å²) in [7, 11) is 0. The van der Waals surface area contributed by atoms with Crippen LogP contribution in [0.15, 0.2) is 30.3 Å². The second-order valence-corrected chi connectivity index (χ2v) is 4.87. The maximum Gasteiger partial charge on any atom is 0.159 e. The van der Waals surface area contributed by atoms with E-state index < -0.39 is 0 Å². The SMILES string of the molecule is C.CC(=O)C1CCCCC1.CC(=O)c1ccccc1. The molecule has 0 aromatic heterocycles. The third-order valence-corrected chi connectivity index (χ3v) is 3.36. The van der Waals surface area contributed by atoms with Crippen molar-refractivity contribution in [3.05, 3.63) is 35.9 Å². The van der Waals surface area contributed by atoms with Crippen LogP contribution in [-0.4, -0.2) is 11.6 Å². The molecule has 1 aromatic carbocycles. The molecule has 1 aliphatic carbocycles. The third kappa shape index (κ3) is 6.90. The summed E-state index contributed by atoms with van der Waals surface area (Å²) in [6.07, 6.45) is 6.17. The van der Waals surface area contributed by atoms with Gasteiger partial charge in [0, 0.05) is 11.5 Å². The zero-order valence-electron chi connectivity index (χ0n) is 11.3. The minimum Gasteiger partial charge on any atom is -0.300 e. The van der Waals surface area contributed by atoms with Crippen molar-refractivity contribution in [3.8, 4) is 0 Å². The van der Waals surface area contributed by atoms with E-state index in [1.54, 1.807) is 13.8 Å². The van der Waals surface area contributed by atoms with Gasteiger partial charge in [0.05, 0.1) is 0 Å². The molecule has 1 saturated carbocycles. The quantitative estimate of drug-likeness (QED) is 0.725. The van der Waals surface area contributed by atoms with Crippen molar-refractivity contribution in [1.82, 2.24) is 0 Å². The Bertz CT molecular complexity index is 376. The first kappa shape index (κ1) is 17.6. The molecule has 2 nitrogen and oxygen atoms in total. The van der Waals surface area contributed by atoms with Gasteiger partial charge in [0.2, 0.25) is 0 Å². The number of Topliss-reactive ketones (excluding diaryl/α,β-unsaturated/α-hetero) is 2. The molecule has 0 bridgehead atoms. The molecule has 1 aliphatic rings. The lowest BCUT2D eigenvalue weighted by molar-refractivity contribution is -0.121. The van der Waals surface area contributed by atoms with E-state index in [9.17, 15) is 9.59 Å². The Morgan fingerprint density at radius 2 is 1.47 bits per heavy atom. The fraction of sp³-hybridized carbons (Fsp3) is 0.529. The van der Waals surface area contributed by atoms with E-state index in [4.69, 9.17) is 0 Å². The predicted molar refractivity (Wildman–Crippen MR) is 80.4 cm³/mol. The Labute approximate surface area is 117 Å². The fourth-order valence-electron chi connectivity index (χ4n) is 2.18. The molecule has 106 valence electrons. The summed E-state index contributed by atoms with van der Waals surface area (Å²) >= 11 is 0. The van der Waals surface area contributed by atoms with E-state index in [2.05, 4.69) is 0 Å². The van der Waals surface area contributed by atoms with E-state index >= 15 is 0 Å². The minimum atomic E-state index is 0. The molecule has 2 heteroatoms. The molecule has 0 aliphatic heterocycles. The molecule has 0 atom stereocenters. The molecule has 0 saturated heterocycles. The van der Waals surface area contributed by atoms with Gasteiger partial charge >= 0.3 is 0 Å². The molecular formula is C17H26O2. The molecule has 0 unspecified atom stereocenters. The highest BCUT2D eigenvalue weighted by Gasteiger charge is 2.16. The summed E-state index contributed by atoms with van der Waals surface area (Å²) in [4.78, 5) is 21.4. The highest BCUT2D eigenvalue weighted by atomic mass is 16.1. The van der Waals surface area contributed by atoms with Gasteiger partial charge in [0.15, 0.2) is 5.78 Å². The van der Waals surface area contributed by atoms with E-state index in [0.29, 0.717) is 11.7 Å². The van der Waals surface area contributed by atoms with E-state index in [0.717, 1.165) is 18.4 Å². The van der Waals surface area contributed by atoms with Crippen LogP contribution >= 0.6 is 0 Å². The second-order valence-electron chi connectivity index (χ2n) is 4.87. The van der Waals surface area contributed by atoms with Crippen molar-refractivity contribution in [2.75, 3.05) is 0 Å². The van der Waals surface area contributed by atoms with Crippen LogP contribution in [-0.2, 0) is 4.79 Å². The van der Waals surface area contributed by atoms with Crippen LogP contribution in [0.3, 0.4) is 0 Å². The van der Waals surface area contributed by atoms with Gasteiger partial charge in [0.25, 0.3) is 0 Å². The lowest BCUT2D eigenvalue weighted by Crippen LogP contribution is -2.13. The van der Waals surface area contributed by atoms with Crippen LogP contribution in [0, 0.1) is 5.92 Å². The van der Waals surface area contributed by atoms with Crippen LogP contribution in [0.1, 0.15) is 63.7 Å². The first-order chi connectivity index (χ1) is 8.61. The molecule has 0 amide bonds. The topological polar surface area (TPSA) is 34.1 Å². The van der Waals surface area contributed by atoms with E-state index in [-0.39, 0.29) is 13.2 Å². The van der Waals surface area contributed by atoms with Gasteiger partial charge in [-0.1, -0.05) is 57.0 Å². The lowest BCUT2D eigenvalue weighted by Gasteiger charge is -2.17. The number of ketones is 2. The molecular weight excluding hydrogens is 236 g/mol. The van der Waals surface area contributed by atoms with Gasteiger partial charge in [0.1, 0.15) is 5.78 Å². The predicted octanol–water partition coefficient (Wildman–Crippen LogP) is 4.68. The maximum absolute atomic E-state index is 10.8. The summed E-state index contributed by atoms with van der Waals surface area (Å²) in [6, 6.07) is 9.23. The van der Waals surface area contributed by atoms with Gasteiger partial charge in [-0.25, -0.2) is 0 Å². The first-order valence-electron chi connectivity index (χ1n) is 6.67. The Morgan fingerprint density at radius 1 is 0.947 bits per heavy atom. The fourth-order valence-corrected chi connectivity index (χ4v) is 2.18. The van der Waals surface area contributed by atoms with Gasteiger partial charge in [-0.3, -0.25) is 9.59 Å². The largest absolute Gasteiger partial charge is 0.300 e. The van der Waals surface area contributed by atoms with Crippen molar-refractivity contribution >= 4 is 11.6 Å². The summed E-state index contributed by atoms with van der Waals surface area (Å²) in [5.74, 6) is 0.934. The molecule has 1 aromatic rings. The van der Waals surface area contributed by atoms with E-state index in [1.807, 2.05) is 30.3 Å². The maximum atomic E-state index is 10.8. The van der Waals surface area contributed by atoms with Gasteiger partial charge in [-0.05, 0) is 26.7 Å². The highest BCUT2D eigenvalue weighted by molar-refractivity contribution is 5.93. The number of benzene rings is 1. The summed E-state index contributed by atoms with van der Waals surface area (Å²) in [5, 5.41) is 0. The Hall–Kier alpha value is -1.44. The molecule has 0 spiro atoms. The first-order valence-corrected chi connectivity index (χ1v) is 6.67. The highest BCUT2D eigenvalue weighted by Crippen LogP contribution is 2.23. The average Bonchev–Trinajstić information content (AvgIpc) is 2.41. The Balaban J connectivity index is 0.000000324. The normalized spacial score (nSPS) is 14.6. The molecule has 0 heterocycles. The van der Waals surface area contributed by atoms with Crippen molar-refractivity contribution in [1.29, 1.82) is 0 Å². The van der Waals surface area contributed by atoms with Crippen molar-refractivity contribution < 1.29 is 9.59 Å². The minimum absolute atomic E-state index is 0. The van der Waals surface area contributed by atoms with Crippen LogP contribution in [0.2, 0.25) is 0 Å². The number of hydrogen-bond donors (Lipinski definition) is 0. The standard InChI is InChI=1S/C8H14O.C8H8O.CH4/c2*1-7(9)8-5-3-2-4-6-8;/h8H,2-6H2,1H3;2-6H,1H3;1H4. The summed E-state index contributed by atoms with van der Waals surface area (Å²) < 4.78 is 0. The Morgan fingerprint density at radius 3 is 1.79 bits per heavy atom. The van der Waals surface area contributed by atoms with Crippen molar-refractivity contribution in [2.45, 2.75) is 53.4 Å². The molecule has 2 rings (SSSR count). The number of carbonyl (C=O) groups is 2. The molecule has 1 fully saturated rings. The molecule has 0 N–H and O–H groups in total. The van der Waals surface area contributed by atoms with Crippen LogP contribution in [0.25, 0.3) is 0 Å². The molecule has 19 heavy (non-hydrogen) atoms. The lowest BCUT2D eigenvalue weighted by atomic mass is 9.87. The van der Waals surface area contributed by atoms with Crippen molar-refractivity contribution in [3.63, 3.8) is 0 Å². The number of rotatable bonds is 2. The summed E-state index contributed by atoms with van der Waals surface area (Å²) in [5.41, 5.74) is 0.775. The zero-order chi connectivity index (χ0) is 13.4. The van der Waals surface area contributed by atoms with Crippen LogP contribution in [0.5, 0.6) is 0 Å².